The van der Waals surface area contributed by atoms with Crippen LogP contribution in [-0.2, 0) is 11.3 Å². The maximum atomic E-state index is 13.0. The van der Waals surface area contributed by atoms with E-state index in [2.05, 4.69) is 4.98 Å². The lowest BCUT2D eigenvalue weighted by atomic mass is 9.94. The lowest BCUT2D eigenvalue weighted by molar-refractivity contribution is 0.0466. The summed E-state index contributed by atoms with van der Waals surface area (Å²) in [5, 5.41) is 1.31. The predicted octanol–water partition coefficient (Wildman–Crippen LogP) is 5.17. The zero-order chi connectivity index (χ0) is 20.4. The quantitative estimate of drug-likeness (QED) is 0.495. The van der Waals surface area contributed by atoms with Crippen LogP contribution in [0.1, 0.15) is 27.2 Å². The van der Waals surface area contributed by atoms with E-state index >= 15 is 0 Å². The molecule has 0 unspecified atom stereocenters. The lowest BCUT2D eigenvalue weighted by Crippen LogP contribution is -2.17. The average molecular weight is 383 g/mol. The van der Waals surface area contributed by atoms with Gasteiger partial charge in [0.05, 0.1) is 0 Å². The number of carbonyl (C=O) groups is 1. The summed E-state index contributed by atoms with van der Waals surface area (Å²) >= 11 is 0. The second-order valence-corrected chi connectivity index (χ2v) is 7.11. The number of fused-ring (bicyclic) bond motifs is 1. The third kappa shape index (κ3) is 3.69. The molecule has 0 radical (unpaired) electrons. The number of nitrogens with one attached hydrogen (secondary N) is 1. The van der Waals surface area contributed by atoms with Crippen LogP contribution in [0.4, 0.5) is 0 Å². The fraction of sp³-hybridized carbons (Fsp3) is 0.120. The summed E-state index contributed by atoms with van der Waals surface area (Å²) in [7, 11) is 0. The Hall–Kier alpha value is -3.66. The molecular weight excluding hydrogens is 362 g/mol. The summed E-state index contributed by atoms with van der Waals surface area (Å²) in [5.74, 6) is -0.551. The highest BCUT2D eigenvalue weighted by atomic mass is 16.5. The molecule has 1 aromatic heterocycles. The maximum Gasteiger partial charge on any atom is 0.355 e. The van der Waals surface area contributed by atoms with Crippen molar-refractivity contribution in [2.24, 2.45) is 0 Å². The first-order chi connectivity index (χ1) is 14.0. The number of rotatable bonds is 4. The summed E-state index contributed by atoms with van der Waals surface area (Å²) in [5.41, 5.74) is 4.38. The Morgan fingerprint density at radius 1 is 0.862 bits per heavy atom. The molecule has 3 aromatic carbocycles. The van der Waals surface area contributed by atoms with Crippen LogP contribution < -0.4 is 5.56 Å². The molecule has 0 amide bonds. The molecule has 4 heteroatoms. The summed E-state index contributed by atoms with van der Waals surface area (Å²) in [6.45, 7) is 4.11. The molecule has 144 valence electrons. The molecule has 29 heavy (non-hydrogen) atoms. The molecule has 4 aromatic rings. The Balaban J connectivity index is 1.87. The molecule has 1 heterocycles. The summed E-state index contributed by atoms with van der Waals surface area (Å²) in [6.07, 6.45) is 0. The number of pyridine rings is 1. The van der Waals surface area contributed by atoms with E-state index in [9.17, 15) is 9.59 Å². The van der Waals surface area contributed by atoms with E-state index in [-0.39, 0.29) is 17.9 Å². The van der Waals surface area contributed by atoms with Crippen LogP contribution in [0.3, 0.4) is 0 Å². The van der Waals surface area contributed by atoms with Crippen LogP contribution >= 0.6 is 0 Å². The Morgan fingerprint density at radius 2 is 1.45 bits per heavy atom. The van der Waals surface area contributed by atoms with Crippen molar-refractivity contribution in [1.82, 2.24) is 4.98 Å². The number of hydrogen-bond acceptors (Lipinski definition) is 3. The van der Waals surface area contributed by atoms with E-state index in [0.29, 0.717) is 10.9 Å². The van der Waals surface area contributed by atoms with Gasteiger partial charge < -0.3 is 9.72 Å². The third-order valence-electron chi connectivity index (χ3n) is 5.12. The van der Waals surface area contributed by atoms with Crippen molar-refractivity contribution in [2.45, 2.75) is 20.5 Å². The van der Waals surface area contributed by atoms with Gasteiger partial charge in [-0.15, -0.1) is 0 Å². The molecule has 0 saturated heterocycles. The second kappa shape index (κ2) is 7.76. The van der Waals surface area contributed by atoms with Gasteiger partial charge >= 0.3 is 5.97 Å². The van der Waals surface area contributed by atoms with Crippen molar-refractivity contribution < 1.29 is 9.53 Å². The fourth-order valence-electron chi connectivity index (χ4n) is 3.44. The zero-order valence-electron chi connectivity index (χ0n) is 16.4. The highest BCUT2D eigenvalue weighted by molar-refractivity contribution is 6.06. The van der Waals surface area contributed by atoms with E-state index in [0.717, 1.165) is 27.6 Å². The van der Waals surface area contributed by atoms with Crippen molar-refractivity contribution in [1.29, 1.82) is 0 Å². The van der Waals surface area contributed by atoms with Crippen molar-refractivity contribution in [3.05, 3.63) is 106 Å². The number of ether oxygens (including phenoxy) is 1. The summed E-state index contributed by atoms with van der Waals surface area (Å²) in [6, 6.07) is 22.9. The van der Waals surface area contributed by atoms with Crippen LogP contribution in [0.2, 0.25) is 0 Å². The first-order valence-corrected chi connectivity index (χ1v) is 9.48. The van der Waals surface area contributed by atoms with Gasteiger partial charge in [-0.05, 0) is 47.6 Å². The Labute approximate surface area is 168 Å². The number of aromatic nitrogens is 1. The third-order valence-corrected chi connectivity index (χ3v) is 5.12. The molecule has 0 atom stereocenters. The average Bonchev–Trinajstić information content (AvgIpc) is 2.74. The van der Waals surface area contributed by atoms with Crippen molar-refractivity contribution in [3.8, 4) is 11.1 Å². The molecule has 0 aliphatic carbocycles. The number of esters is 1. The molecule has 4 nitrogen and oxygen atoms in total. The lowest BCUT2D eigenvalue weighted by Gasteiger charge is -2.14. The zero-order valence-corrected chi connectivity index (χ0v) is 16.4. The normalized spacial score (nSPS) is 10.8. The predicted molar refractivity (Wildman–Crippen MR) is 115 cm³/mol. The van der Waals surface area contributed by atoms with Gasteiger partial charge in [0, 0.05) is 10.9 Å². The van der Waals surface area contributed by atoms with E-state index in [1.807, 2.05) is 86.6 Å². The van der Waals surface area contributed by atoms with Gasteiger partial charge in [-0.1, -0.05) is 66.7 Å². The highest BCUT2D eigenvalue weighted by Crippen LogP contribution is 2.31. The first kappa shape index (κ1) is 18.7. The van der Waals surface area contributed by atoms with E-state index < -0.39 is 5.97 Å². The summed E-state index contributed by atoms with van der Waals surface area (Å²) < 4.78 is 5.53. The Bertz CT molecular complexity index is 1240. The Kier molecular flexibility index (Phi) is 5.00. The van der Waals surface area contributed by atoms with Gasteiger partial charge in [0.2, 0.25) is 0 Å². The highest BCUT2D eigenvalue weighted by Gasteiger charge is 2.20. The number of aryl methyl sites for hydroxylation is 2. The Morgan fingerprint density at radius 3 is 2.10 bits per heavy atom. The van der Waals surface area contributed by atoms with Gasteiger partial charge in [0.1, 0.15) is 12.3 Å². The van der Waals surface area contributed by atoms with Crippen molar-refractivity contribution >= 4 is 16.7 Å². The van der Waals surface area contributed by atoms with Crippen LogP contribution in [0.5, 0.6) is 0 Å². The number of H-pyrrole nitrogens is 1. The molecule has 4 rings (SSSR count). The topological polar surface area (TPSA) is 59.2 Å². The van der Waals surface area contributed by atoms with Gasteiger partial charge in [0.25, 0.3) is 5.56 Å². The van der Waals surface area contributed by atoms with Gasteiger partial charge in [-0.25, -0.2) is 4.79 Å². The SMILES string of the molecule is Cc1cc2c(-c3ccccc3)c(C(=O)OCc3ccccc3)[nH]c(=O)c2cc1C. The van der Waals surface area contributed by atoms with E-state index in [4.69, 9.17) is 4.74 Å². The monoisotopic (exact) mass is 383 g/mol. The fourth-order valence-corrected chi connectivity index (χ4v) is 3.44. The van der Waals surface area contributed by atoms with Gasteiger partial charge in [-0.2, -0.15) is 0 Å². The summed E-state index contributed by atoms with van der Waals surface area (Å²) in [4.78, 5) is 28.5. The van der Waals surface area contributed by atoms with Gasteiger partial charge in [0.15, 0.2) is 0 Å². The number of aromatic amines is 1. The molecular formula is C25H21NO3. The van der Waals surface area contributed by atoms with Crippen molar-refractivity contribution in [3.63, 3.8) is 0 Å². The molecule has 0 fully saturated rings. The first-order valence-electron chi connectivity index (χ1n) is 9.48. The minimum atomic E-state index is -0.551. The minimum absolute atomic E-state index is 0.140. The maximum absolute atomic E-state index is 13.0. The molecule has 0 aliphatic rings. The number of hydrogen-bond donors (Lipinski definition) is 1. The standard InChI is InChI=1S/C25H21NO3/c1-16-13-20-21(14-17(16)2)24(27)26-23(22(20)19-11-7-4-8-12-19)25(28)29-15-18-9-5-3-6-10-18/h3-14H,15H2,1-2H3,(H,26,27). The molecule has 0 spiro atoms. The number of carbonyl (C=O) groups excluding carboxylic acids is 1. The van der Waals surface area contributed by atoms with Crippen LogP contribution in [0.15, 0.2) is 77.6 Å². The van der Waals surface area contributed by atoms with E-state index in [1.54, 1.807) is 0 Å². The molecule has 0 aliphatic heterocycles. The molecule has 0 bridgehead atoms. The minimum Gasteiger partial charge on any atom is -0.456 e. The van der Waals surface area contributed by atoms with Crippen LogP contribution in [0, 0.1) is 13.8 Å². The van der Waals surface area contributed by atoms with Gasteiger partial charge in [-0.3, -0.25) is 4.79 Å². The van der Waals surface area contributed by atoms with Crippen LogP contribution in [0.25, 0.3) is 21.9 Å². The van der Waals surface area contributed by atoms with E-state index in [1.165, 1.54) is 0 Å². The van der Waals surface area contributed by atoms with Crippen molar-refractivity contribution in [2.75, 3.05) is 0 Å². The smallest absolute Gasteiger partial charge is 0.355 e. The number of benzene rings is 3. The largest absolute Gasteiger partial charge is 0.456 e. The van der Waals surface area contributed by atoms with Crippen LogP contribution in [-0.4, -0.2) is 11.0 Å². The molecule has 1 N–H and O–H groups in total. The second-order valence-electron chi connectivity index (χ2n) is 7.11. The molecule has 0 saturated carbocycles.